The lowest BCUT2D eigenvalue weighted by molar-refractivity contribution is -0.331. The van der Waals surface area contributed by atoms with E-state index in [2.05, 4.69) is 0 Å². The molecule has 2 aromatic rings. The molecule has 0 aliphatic carbocycles. The Hall–Kier alpha value is -1.91. The van der Waals surface area contributed by atoms with Gasteiger partial charge in [0.2, 0.25) is 6.79 Å². The Balaban J connectivity index is 1.69. The van der Waals surface area contributed by atoms with Gasteiger partial charge >= 0.3 is 0 Å². The van der Waals surface area contributed by atoms with Crippen molar-refractivity contribution >= 4 is 0 Å². The van der Waals surface area contributed by atoms with E-state index in [9.17, 15) is 4.39 Å². The van der Waals surface area contributed by atoms with E-state index in [1.807, 2.05) is 37.3 Å². The van der Waals surface area contributed by atoms with Crippen LogP contribution in [0.15, 0.2) is 48.5 Å². The van der Waals surface area contributed by atoms with Gasteiger partial charge in [0.15, 0.2) is 11.6 Å². The number of benzene rings is 2. The molecule has 0 N–H and O–H groups in total. The average molecular weight is 262 g/mol. The minimum Gasteiger partial charge on any atom is -0.462 e. The van der Waals surface area contributed by atoms with E-state index < -0.39 is 5.82 Å². The Morgan fingerprint density at radius 3 is 2.53 bits per heavy atom. The zero-order chi connectivity index (χ0) is 13.5. The van der Waals surface area contributed by atoms with Crippen molar-refractivity contribution in [3.8, 4) is 5.75 Å². The van der Waals surface area contributed by atoms with E-state index in [4.69, 9.17) is 14.5 Å². The maximum absolute atomic E-state index is 13.4. The molecular weight excluding hydrogens is 247 g/mol. The lowest BCUT2D eigenvalue weighted by Crippen LogP contribution is -2.05. The first kappa shape index (κ1) is 13.5. The molecule has 0 fully saturated rings. The summed E-state index contributed by atoms with van der Waals surface area (Å²) in [6.45, 7) is 1.97. The maximum Gasteiger partial charge on any atom is 0.221 e. The van der Waals surface area contributed by atoms with Gasteiger partial charge in [-0.25, -0.2) is 9.28 Å². The smallest absolute Gasteiger partial charge is 0.221 e. The molecule has 0 saturated carbocycles. The van der Waals surface area contributed by atoms with E-state index >= 15 is 0 Å². The second kappa shape index (κ2) is 6.87. The number of halogens is 1. The van der Waals surface area contributed by atoms with Crippen LogP contribution in [0.25, 0.3) is 0 Å². The van der Waals surface area contributed by atoms with Crippen LogP contribution in [-0.2, 0) is 16.4 Å². The summed E-state index contributed by atoms with van der Waals surface area (Å²) in [5.41, 5.74) is 1.83. The van der Waals surface area contributed by atoms with Crippen molar-refractivity contribution in [1.82, 2.24) is 0 Å². The molecule has 100 valence electrons. The number of hydrogen-bond donors (Lipinski definition) is 0. The summed E-state index contributed by atoms with van der Waals surface area (Å²) < 4.78 is 18.5. The van der Waals surface area contributed by atoms with E-state index in [-0.39, 0.29) is 12.5 Å². The van der Waals surface area contributed by atoms with Crippen molar-refractivity contribution in [1.29, 1.82) is 0 Å². The summed E-state index contributed by atoms with van der Waals surface area (Å²) in [4.78, 5) is 9.80. The van der Waals surface area contributed by atoms with Crippen LogP contribution in [0.4, 0.5) is 4.39 Å². The first-order chi connectivity index (χ1) is 9.25. The third-order valence-corrected chi connectivity index (χ3v) is 2.50. The van der Waals surface area contributed by atoms with Crippen molar-refractivity contribution in [3.63, 3.8) is 0 Å². The van der Waals surface area contributed by atoms with Crippen molar-refractivity contribution in [2.45, 2.75) is 13.5 Å². The summed E-state index contributed by atoms with van der Waals surface area (Å²) in [7, 11) is 0. The van der Waals surface area contributed by atoms with Gasteiger partial charge in [-0.3, -0.25) is 0 Å². The van der Waals surface area contributed by atoms with Crippen molar-refractivity contribution in [2.24, 2.45) is 0 Å². The van der Waals surface area contributed by atoms with Gasteiger partial charge in [-0.15, -0.1) is 0 Å². The van der Waals surface area contributed by atoms with Gasteiger partial charge in [0.25, 0.3) is 0 Å². The van der Waals surface area contributed by atoms with Crippen LogP contribution in [0.1, 0.15) is 11.1 Å². The molecule has 0 unspecified atom stereocenters. The number of hydrogen-bond acceptors (Lipinski definition) is 3. The lowest BCUT2D eigenvalue weighted by atomic mass is 10.2. The predicted octanol–water partition coefficient (Wildman–Crippen LogP) is 3.62. The van der Waals surface area contributed by atoms with Gasteiger partial charge in [-0.2, -0.15) is 4.89 Å². The number of ether oxygens (including phenoxy) is 1. The summed E-state index contributed by atoms with van der Waals surface area (Å²) in [6, 6.07) is 14.3. The second-order valence-corrected chi connectivity index (χ2v) is 4.06. The van der Waals surface area contributed by atoms with Crippen LogP contribution < -0.4 is 4.74 Å². The highest BCUT2D eigenvalue weighted by Gasteiger charge is 2.03. The quantitative estimate of drug-likeness (QED) is 0.344. The van der Waals surface area contributed by atoms with Gasteiger partial charge in [-0.1, -0.05) is 36.4 Å². The maximum atomic E-state index is 13.4. The van der Waals surface area contributed by atoms with Crippen molar-refractivity contribution in [3.05, 3.63) is 65.5 Å². The fourth-order valence-corrected chi connectivity index (χ4v) is 1.53. The van der Waals surface area contributed by atoms with Gasteiger partial charge in [0.05, 0.1) is 0 Å². The third-order valence-electron chi connectivity index (χ3n) is 2.50. The lowest BCUT2D eigenvalue weighted by Gasteiger charge is -2.08. The fourth-order valence-electron chi connectivity index (χ4n) is 1.53. The minimum atomic E-state index is -0.411. The Kier molecular flexibility index (Phi) is 4.89. The number of aryl methyl sites for hydroxylation is 1. The molecule has 0 amide bonds. The fraction of sp³-hybridized carbons (Fsp3) is 0.200. The molecule has 0 heterocycles. The molecular formula is C15H15FO3. The number of rotatable bonds is 6. The molecule has 0 aliphatic heterocycles. The van der Waals surface area contributed by atoms with Crippen molar-refractivity contribution in [2.75, 3.05) is 6.79 Å². The SMILES string of the molecule is Cc1ccc(OCOOCc2ccccc2)c(F)c1. The van der Waals surface area contributed by atoms with E-state index in [1.54, 1.807) is 12.1 Å². The minimum absolute atomic E-state index is 0.147. The Morgan fingerprint density at radius 2 is 1.79 bits per heavy atom. The molecule has 0 bridgehead atoms. The monoisotopic (exact) mass is 262 g/mol. The van der Waals surface area contributed by atoms with E-state index in [1.165, 1.54) is 6.07 Å². The van der Waals surface area contributed by atoms with Gasteiger partial charge < -0.3 is 4.74 Å². The van der Waals surface area contributed by atoms with Gasteiger partial charge in [-0.05, 0) is 30.2 Å². The molecule has 0 saturated heterocycles. The van der Waals surface area contributed by atoms with Crippen LogP contribution in [0.3, 0.4) is 0 Å². The second-order valence-electron chi connectivity index (χ2n) is 4.06. The normalized spacial score (nSPS) is 10.4. The van der Waals surface area contributed by atoms with E-state index in [0.29, 0.717) is 6.61 Å². The first-order valence-corrected chi connectivity index (χ1v) is 5.93. The molecule has 19 heavy (non-hydrogen) atoms. The van der Waals surface area contributed by atoms with Gasteiger partial charge in [0.1, 0.15) is 6.61 Å². The molecule has 0 radical (unpaired) electrons. The largest absolute Gasteiger partial charge is 0.462 e. The molecule has 4 heteroatoms. The molecule has 0 aliphatic rings. The highest BCUT2D eigenvalue weighted by atomic mass is 19.1. The highest BCUT2D eigenvalue weighted by Crippen LogP contribution is 2.17. The summed E-state index contributed by atoms with van der Waals surface area (Å²) in [5.74, 6) is -0.263. The summed E-state index contributed by atoms with van der Waals surface area (Å²) >= 11 is 0. The van der Waals surface area contributed by atoms with Crippen molar-refractivity contribution < 1.29 is 18.9 Å². The average Bonchev–Trinajstić information content (AvgIpc) is 2.42. The molecule has 3 nitrogen and oxygen atoms in total. The summed E-state index contributed by atoms with van der Waals surface area (Å²) in [5, 5.41) is 0. The van der Waals surface area contributed by atoms with Crippen LogP contribution in [0, 0.1) is 12.7 Å². The van der Waals surface area contributed by atoms with Crippen LogP contribution >= 0.6 is 0 Å². The summed E-state index contributed by atoms with van der Waals surface area (Å²) in [6.07, 6.45) is 0. The molecule has 2 rings (SSSR count). The molecule has 0 aromatic heterocycles. The predicted molar refractivity (Wildman–Crippen MR) is 68.9 cm³/mol. The zero-order valence-electron chi connectivity index (χ0n) is 10.6. The first-order valence-electron chi connectivity index (χ1n) is 5.93. The van der Waals surface area contributed by atoms with Crippen LogP contribution in [-0.4, -0.2) is 6.79 Å². The standard InChI is InChI=1S/C15H15FO3/c1-12-7-8-15(14(16)9-12)17-11-19-18-10-13-5-3-2-4-6-13/h2-9H,10-11H2,1H3. The van der Waals surface area contributed by atoms with Gasteiger partial charge in [0, 0.05) is 0 Å². The van der Waals surface area contributed by atoms with Crippen LogP contribution in [0.5, 0.6) is 5.75 Å². The Morgan fingerprint density at radius 1 is 1.00 bits per heavy atom. The topological polar surface area (TPSA) is 27.7 Å². The third kappa shape index (κ3) is 4.35. The van der Waals surface area contributed by atoms with E-state index in [0.717, 1.165) is 11.1 Å². The zero-order valence-corrected chi connectivity index (χ0v) is 10.6. The molecule has 0 atom stereocenters. The highest BCUT2D eigenvalue weighted by molar-refractivity contribution is 5.28. The Bertz CT molecular complexity index is 514. The van der Waals surface area contributed by atoms with Crippen LogP contribution in [0.2, 0.25) is 0 Å². The molecule has 2 aromatic carbocycles. The molecule has 0 spiro atoms. The Labute approximate surface area is 111 Å².